The molecule has 1 amide bonds. The first-order valence-corrected chi connectivity index (χ1v) is 7.72. The Morgan fingerprint density at radius 2 is 2.10 bits per heavy atom. The number of hydrogen-bond acceptors (Lipinski definition) is 2. The number of aryl methyl sites for hydroxylation is 1. The molecule has 0 saturated carbocycles. The van der Waals surface area contributed by atoms with E-state index < -0.39 is 0 Å². The summed E-state index contributed by atoms with van der Waals surface area (Å²) in [4.78, 5) is 12.3. The maximum Gasteiger partial charge on any atom is 0.237 e. The highest BCUT2D eigenvalue weighted by Gasteiger charge is 2.25. The van der Waals surface area contributed by atoms with E-state index in [1.807, 2.05) is 6.92 Å². The largest absolute Gasteiger partial charge is 0.348 e. The van der Waals surface area contributed by atoms with E-state index in [4.69, 9.17) is 0 Å². The first-order chi connectivity index (χ1) is 9.60. The molecule has 1 saturated heterocycles. The van der Waals surface area contributed by atoms with Crippen LogP contribution in [-0.4, -0.2) is 18.5 Å². The normalized spacial score (nSPS) is 24.1. The van der Waals surface area contributed by atoms with E-state index in [9.17, 15) is 4.79 Å². The van der Waals surface area contributed by atoms with Crippen LogP contribution in [0.1, 0.15) is 50.8 Å². The Balaban J connectivity index is 1.92. The molecule has 110 valence electrons. The lowest BCUT2D eigenvalue weighted by Gasteiger charge is -2.28. The molecule has 0 bridgehead atoms. The quantitative estimate of drug-likeness (QED) is 0.886. The molecule has 0 aromatic heterocycles. The van der Waals surface area contributed by atoms with Crippen molar-refractivity contribution in [2.75, 3.05) is 6.54 Å². The Bertz CT molecular complexity index is 441. The summed E-state index contributed by atoms with van der Waals surface area (Å²) in [7, 11) is 0. The zero-order chi connectivity index (χ0) is 14.5. The summed E-state index contributed by atoms with van der Waals surface area (Å²) >= 11 is 0. The van der Waals surface area contributed by atoms with Crippen LogP contribution >= 0.6 is 0 Å². The Morgan fingerprint density at radius 3 is 2.70 bits per heavy atom. The second-order valence-corrected chi connectivity index (χ2v) is 5.96. The van der Waals surface area contributed by atoms with Crippen LogP contribution in [0.4, 0.5) is 0 Å². The minimum absolute atomic E-state index is 0.0314. The maximum absolute atomic E-state index is 12.3. The van der Waals surface area contributed by atoms with Gasteiger partial charge in [0.2, 0.25) is 5.91 Å². The Labute approximate surface area is 122 Å². The predicted molar refractivity (Wildman–Crippen MR) is 82.6 cm³/mol. The first-order valence-electron chi connectivity index (χ1n) is 7.72. The van der Waals surface area contributed by atoms with Crippen molar-refractivity contribution in [2.24, 2.45) is 5.92 Å². The van der Waals surface area contributed by atoms with E-state index in [1.165, 1.54) is 11.1 Å². The minimum atomic E-state index is -0.0314. The third-order valence-electron chi connectivity index (χ3n) is 4.23. The van der Waals surface area contributed by atoms with E-state index in [0.717, 1.165) is 25.8 Å². The molecule has 3 atom stereocenters. The minimum Gasteiger partial charge on any atom is -0.348 e. The molecule has 20 heavy (non-hydrogen) atoms. The van der Waals surface area contributed by atoms with Crippen molar-refractivity contribution in [1.82, 2.24) is 10.6 Å². The molecule has 3 nitrogen and oxygen atoms in total. The van der Waals surface area contributed by atoms with Crippen LogP contribution in [0.25, 0.3) is 0 Å². The van der Waals surface area contributed by atoms with Crippen LogP contribution < -0.4 is 10.6 Å². The number of hydrogen-bond donors (Lipinski definition) is 2. The third-order valence-corrected chi connectivity index (χ3v) is 4.23. The molecule has 2 rings (SSSR count). The van der Waals surface area contributed by atoms with Crippen LogP contribution in [-0.2, 0) is 11.2 Å². The molecule has 0 aliphatic carbocycles. The summed E-state index contributed by atoms with van der Waals surface area (Å²) in [5, 5.41) is 6.43. The number of carbonyl (C=O) groups excluding carboxylic acids is 1. The molecule has 1 aliphatic rings. The first kappa shape index (κ1) is 15.0. The zero-order valence-electron chi connectivity index (χ0n) is 12.8. The smallest absolute Gasteiger partial charge is 0.237 e. The molecule has 0 spiro atoms. The second-order valence-electron chi connectivity index (χ2n) is 5.96. The van der Waals surface area contributed by atoms with E-state index in [1.54, 1.807) is 0 Å². The Kier molecular flexibility index (Phi) is 5.18. The van der Waals surface area contributed by atoms with Crippen molar-refractivity contribution in [3.8, 4) is 0 Å². The fraction of sp³-hybridized carbons (Fsp3) is 0.588. The number of benzene rings is 1. The van der Waals surface area contributed by atoms with Gasteiger partial charge in [0, 0.05) is 0 Å². The molecule has 0 radical (unpaired) electrons. The van der Waals surface area contributed by atoms with E-state index >= 15 is 0 Å². The van der Waals surface area contributed by atoms with Crippen molar-refractivity contribution in [3.05, 3.63) is 35.4 Å². The highest BCUT2D eigenvalue weighted by atomic mass is 16.2. The summed E-state index contributed by atoms with van der Waals surface area (Å²) < 4.78 is 0. The highest BCUT2D eigenvalue weighted by Crippen LogP contribution is 2.17. The van der Waals surface area contributed by atoms with Gasteiger partial charge < -0.3 is 10.6 Å². The standard InChI is InChI=1S/C17H26N2O/c1-4-14-5-7-15(8-6-14)13(3)19-17(20)16-11-12(2)9-10-18-16/h5-8,12-13,16,18H,4,9-11H2,1-3H3,(H,19,20). The summed E-state index contributed by atoms with van der Waals surface area (Å²) in [6, 6.07) is 8.53. The Morgan fingerprint density at radius 1 is 1.40 bits per heavy atom. The van der Waals surface area contributed by atoms with Crippen LogP contribution in [0.2, 0.25) is 0 Å². The van der Waals surface area contributed by atoms with Crippen molar-refractivity contribution in [1.29, 1.82) is 0 Å². The van der Waals surface area contributed by atoms with Gasteiger partial charge in [0.15, 0.2) is 0 Å². The van der Waals surface area contributed by atoms with Gasteiger partial charge in [-0.3, -0.25) is 4.79 Å². The molecule has 3 heteroatoms. The number of rotatable bonds is 4. The Hall–Kier alpha value is -1.35. The number of amides is 1. The maximum atomic E-state index is 12.3. The monoisotopic (exact) mass is 274 g/mol. The third kappa shape index (κ3) is 3.83. The van der Waals surface area contributed by atoms with Crippen molar-refractivity contribution in [3.63, 3.8) is 0 Å². The van der Waals surface area contributed by atoms with Crippen molar-refractivity contribution < 1.29 is 4.79 Å². The lowest BCUT2D eigenvalue weighted by Crippen LogP contribution is -2.48. The van der Waals surface area contributed by atoms with E-state index in [0.29, 0.717) is 5.92 Å². The van der Waals surface area contributed by atoms with Gasteiger partial charge in [0.25, 0.3) is 0 Å². The molecular formula is C17H26N2O. The number of nitrogens with one attached hydrogen (secondary N) is 2. The number of carbonyl (C=O) groups is 1. The van der Waals surface area contributed by atoms with Gasteiger partial charge in [-0.05, 0) is 49.8 Å². The fourth-order valence-corrected chi connectivity index (χ4v) is 2.75. The summed E-state index contributed by atoms with van der Waals surface area (Å²) in [5.74, 6) is 0.759. The van der Waals surface area contributed by atoms with Crippen LogP contribution in [0, 0.1) is 5.92 Å². The van der Waals surface area contributed by atoms with Gasteiger partial charge in [-0.2, -0.15) is 0 Å². The van der Waals surface area contributed by atoms with Crippen LogP contribution in [0.15, 0.2) is 24.3 Å². The van der Waals surface area contributed by atoms with Crippen LogP contribution in [0.3, 0.4) is 0 Å². The average molecular weight is 274 g/mol. The lowest BCUT2D eigenvalue weighted by molar-refractivity contribution is -0.124. The average Bonchev–Trinajstić information content (AvgIpc) is 2.47. The molecule has 1 aromatic carbocycles. The highest BCUT2D eigenvalue weighted by molar-refractivity contribution is 5.82. The molecule has 1 heterocycles. The molecular weight excluding hydrogens is 248 g/mol. The zero-order valence-corrected chi connectivity index (χ0v) is 12.8. The number of piperidine rings is 1. The molecule has 1 aliphatic heterocycles. The van der Waals surface area contributed by atoms with Gasteiger partial charge in [-0.1, -0.05) is 38.1 Å². The summed E-state index contributed by atoms with van der Waals surface area (Å²) in [5.41, 5.74) is 2.49. The predicted octanol–water partition coefficient (Wildman–Crippen LogP) is 2.81. The molecule has 1 aromatic rings. The lowest BCUT2D eigenvalue weighted by atomic mass is 9.93. The van der Waals surface area contributed by atoms with Crippen molar-refractivity contribution >= 4 is 5.91 Å². The van der Waals surface area contributed by atoms with Gasteiger partial charge >= 0.3 is 0 Å². The van der Waals surface area contributed by atoms with Gasteiger partial charge in [-0.15, -0.1) is 0 Å². The summed E-state index contributed by atoms with van der Waals surface area (Å²) in [6.07, 6.45) is 3.15. The SMILES string of the molecule is CCc1ccc(C(C)NC(=O)C2CC(C)CCN2)cc1. The van der Waals surface area contributed by atoms with Gasteiger partial charge in [-0.25, -0.2) is 0 Å². The van der Waals surface area contributed by atoms with E-state index in [-0.39, 0.29) is 18.0 Å². The van der Waals surface area contributed by atoms with Crippen LogP contribution in [0.5, 0.6) is 0 Å². The molecule has 1 fully saturated rings. The van der Waals surface area contributed by atoms with Crippen molar-refractivity contribution in [2.45, 2.75) is 52.1 Å². The van der Waals surface area contributed by atoms with Gasteiger partial charge in [0.05, 0.1) is 12.1 Å². The second kappa shape index (κ2) is 6.89. The molecule has 2 N–H and O–H groups in total. The topological polar surface area (TPSA) is 41.1 Å². The molecule has 3 unspecified atom stereocenters. The van der Waals surface area contributed by atoms with Gasteiger partial charge in [0.1, 0.15) is 0 Å². The fourth-order valence-electron chi connectivity index (χ4n) is 2.75. The van der Waals surface area contributed by atoms with E-state index in [2.05, 4.69) is 48.7 Å². The summed E-state index contributed by atoms with van der Waals surface area (Å²) in [6.45, 7) is 7.36.